The lowest BCUT2D eigenvalue weighted by Gasteiger charge is -2.15. The molecule has 3 atom stereocenters. The number of nitrogens with zero attached hydrogens (tertiary/aromatic N) is 3. The summed E-state index contributed by atoms with van der Waals surface area (Å²) in [6.07, 6.45) is -1.11. The molecule has 3 aliphatic rings. The van der Waals surface area contributed by atoms with Crippen molar-refractivity contribution in [1.82, 2.24) is 52.3 Å². The maximum atomic E-state index is 11.8. The van der Waals surface area contributed by atoms with Crippen molar-refractivity contribution in [2.75, 3.05) is 99.1 Å². The van der Waals surface area contributed by atoms with E-state index in [0.717, 1.165) is 17.9 Å². The third-order valence-electron chi connectivity index (χ3n) is 12.9. The van der Waals surface area contributed by atoms with E-state index < -0.39 is 97.3 Å². The molecule has 0 aliphatic carbocycles. The van der Waals surface area contributed by atoms with Crippen LogP contribution in [0.5, 0.6) is 0 Å². The van der Waals surface area contributed by atoms with Crippen LogP contribution in [-0.4, -0.2) is 268 Å². The van der Waals surface area contributed by atoms with Crippen LogP contribution in [0.2, 0.25) is 0 Å². The minimum atomic E-state index is -1.26. The molecule has 0 bridgehead atoms. The highest BCUT2D eigenvalue weighted by Crippen LogP contribution is 2.24. The average Bonchev–Trinajstić information content (AvgIpc) is 1.71. The summed E-state index contributed by atoms with van der Waals surface area (Å²) in [4.78, 5) is 167. The zero-order valence-corrected chi connectivity index (χ0v) is 61.2. The number of ketones is 5. The molecule has 0 aromatic heterocycles. The third kappa shape index (κ3) is 53.8. The number of hydrazine groups is 1. The summed E-state index contributed by atoms with van der Waals surface area (Å²) < 4.78 is 14.6. The van der Waals surface area contributed by atoms with Crippen molar-refractivity contribution in [2.45, 2.75) is 180 Å². The first kappa shape index (κ1) is 102. The Balaban J connectivity index is -0.000000348. The first-order valence-corrected chi connectivity index (χ1v) is 33.0. The van der Waals surface area contributed by atoms with Gasteiger partial charge in [0, 0.05) is 99.5 Å². The van der Waals surface area contributed by atoms with Crippen LogP contribution in [0.4, 0.5) is 9.59 Å². The summed E-state index contributed by atoms with van der Waals surface area (Å²) in [5, 5.41) is 83.9. The minimum Gasteiger partial charge on any atom is -0.433 e. The second-order valence-electron chi connectivity index (χ2n) is 24.5. The Morgan fingerprint density at radius 3 is 1.34 bits per heavy atom. The van der Waals surface area contributed by atoms with E-state index in [1.165, 1.54) is 0 Å². The molecule has 0 radical (unpaired) electrons. The van der Waals surface area contributed by atoms with Gasteiger partial charge in [0.05, 0.1) is 71.0 Å². The van der Waals surface area contributed by atoms with Gasteiger partial charge in [-0.3, -0.25) is 88.5 Å². The fraction of sp³-hybridized carbons (Fsp3) is 0.766. The summed E-state index contributed by atoms with van der Waals surface area (Å²) in [7, 11) is 0. The lowest BCUT2D eigenvalue weighted by atomic mass is 9.95. The number of hydrogen-bond acceptors (Lipinski definition) is 29. The second-order valence-corrected chi connectivity index (χ2v) is 24.5. The van der Waals surface area contributed by atoms with Gasteiger partial charge in [-0.15, -0.1) is 0 Å². The maximum absolute atomic E-state index is 11.8. The van der Waals surface area contributed by atoms with Gasteiger partial charge in [-0.1, -0.05) is 96.9 Å². The lowest BCUT2D eigenvalue weighted by Crippen LogP contribution is -2.47. The van der Waals surface area contributed by atoms with Gasteiger partial charge in [0.2, 0.25) is 11.8 Å². The number of aliphatic hydroxyl groups excluding tert-OH is 7. The number of amides is 11. The van der Waals surface area contributed by atoms with E-state index in [9.17, 15) is 71.9 Å². The quantitative estimate of drug-likeness (QED) is 0.0146. The Morgan fingerprint density at radius 2 is 0.950 bits per heavy atom. The van der Waals surface area contributed by atoms with Gasteiger partial charge in [0.1, 0.15) is 50.1 Å². The van der Waals surface area contributed by atoms with E-state index in [2.05, 4.69) is 59.0 Å². The largest absolute Gasteiger partial charge is 0.433 e. The van der Waals surface area contributed by atoms with Gasteiger partial charge in [0.15, 0.2) is 11.6 Å². The van der Waals surface area contributed by atoms with Gasteiger partial charge in [-0.2, -0.15) is 10.1 Å². The number of likely N-dealkylation sites (tertiary alicyclic amines) is 1. The van der Waals surface area contributed by atoms with Crippen LogP contribution >= 0.6 is 0 Å². The van der Waals surface area contributed by atoms with Crippen LogP contribution in [-0.2, 0) is 76.5 Å². The maximum Gasteiger partial charge on any atom is 0.415 e. The lowest BCUT2D eigenvalue weighted by molar-refractivity contribution is -0.172. The van der Waals surface area contributed by atoms with Gasteiger partial charge in [-0.25, -0.2) is 9.59 Å². The van der Waals surface area contributed by atoms with E-state index in [-0.39, 0.29) is 141 Å². The molecule has 3 fully saturated rings. The fourth-order valence-electron chi connectivity index (χ4n) is 6.81. The number of rotatable bonds is 35. The van der Waals surface area contributed by atoms with Crippen LogP contribution < -0.4 is 37.3 Å². The molecule has 36 nitrogen and oxygen atoms in total. The molecule has 0 spiro atoms. The number of carbonyl (C=O) groups excluding carboxylic acids is 15. The number of nitrogens with one attached hydrogen (secondary N) is 7. The van der Waals surface area contributed by atoms with E-state index in [1.807, 2.05) is 38.4 Å². The van der Waals surface area contributed by atoms with Crippen molar-refractivity contribution in [3.8, 4) is 0 Å². The molecule has 3 saturated heterocycles. The average molecular weight is 1440 g/mol. The van der Waals surface area contributed by atoms with Crippen molar-refractivity contribution in [3.63, 3.8) is 0 Å². The smallest absolute Gasteiger partial charge is 0.415 e. The van der Waals surface area contributed by atoms with Crippen molar-refractivity contribution < 1.29 is 127 Å². The number of imide groups is 4. The number of alkyl carbamates (subject to hydrolysis) is 1. The van der Waals surface area contributed by atoms with Crippen molar-refractivity contribution in [1.29, 1.82) is 0 Å². The molecule has 3 unspecified atom stereocenters. The van der Waals surface area contributed by atoms with Gasteiger partial charge < -0.3 is 71.2 Å². The zero-order chi connectivity index (χ0) is 78.4. The Labute approximate surface area is 586 Å². The number of Topliss-reactive ketones (excluding diaryl/α,β-unsaturated/α-hetero) is 5. The molecular weight excluding hydrogens is 1320 g/mol. The Bertz CT molecular complexity index is 2460. The Kier molecular flexibility index (Phi) is 61.6. The number of urea groups is 1. The monoisotopic (exact) mass is 1440 g/mol. The summed E-state index contributed by atoms with van der Waals surface area (Å²) in [6.45, 7) is 31.6. The normalized spacial score (nSPS) is 15.3. The predicted molar refractivity (Wildman–Crippen MR) is 360 cm³/mol. The number of carbonyl (C=O) groups is 15. The van der Waals surface area contributed by atoms with Gasteiger partial charge in [0.25, 0.3) is 35.4 Å². The summed E-state index contributed by atoms with van der Waals surface area (Å²) in [5.74, 6) is -7.22. The SMILES string of the molecule is CC(C)C(=O)CC1CC(=O)N(NC(=O)CO)C1=O.CC(C)C(=O)CC1CC(=O)N(O)C1=O.CC(C)C(=O)CCCOCCO.CC(C)C(=O)CN1C(=O)CC(O)C1=O.CC(C)C(=O)CNC(=O)NCO.CC(C)NCCO.CC(C)NCCOCCO.CC(C)NCOC(=O)NC(=O)CO. The third-order valence-corrected chi connectivity index (χ3v) is 12.9. The highest BCUT2D eigenvalue weighted by molar-refractivity contribution is 6.08. The van der Waals surface area contributed by atoms with E-state index >= 15 is 0 Å². The highest BCUT2D eigenvalue weighted by Gasteiger charge is 2.42. The molecule has 580 valence electrons. The van der Waals surface area contributed by atoms with Crippen molar-refractivity contribution in [3.05, 3.63) is 0 Å². The Morgan fingerprint density at radius 1 is 0.490 bits per heavy atom. The number of hydroxylamine groups is 2. The molecule has 11 amide bonds. The standard InChI is InChI=1S/C11H16N2O5.2C9H13NO4.C9H18O3.C7H14N2O4.C7H14N2O3.C7H17NO2.C5H13NO/c1-6(2)8(15)3-7-4-10(17)13(11(7)18)12-9(16)5-14;1-5(2)7(12)4-10-8(13)3-6(11)9(10)14;1-5(2)7(11)3-6-4-8(12)10(14)9(6)13;1-8(2)9(11)4-3-6-12-7-5-10;1-5(2)8-4-13-7(12)9-6(11)3-10;1-5(2)6(11)3-8-7(12)9-4-10;1-7(2)8-3-5-10-6-4-9;1-5(2)6-3-4-7/h6-7,14H,3-5H2,1-2H3,(H,12,16);5-6,11H,3-4H2,1-2H3;5-6,14H,3-4H2,1-2H3;8,10H,3-7H2,1-2H3;5,8,10H,3-4H2,1-2H3,(H,9,11,12);5,10H,3-4H2,1-2H3,(H2,8,9,12);7-9H,3-6H2,1-2H3;5-7H,3-4H2,1-2H3. The molecule has 0 aromatic rings. The second kappa shape index (κ2) is 60.7. The number of aliphatic hydroxyl groups is 7. The van der Waals surface area contributed by atoms with Crippen molar-refractivity contribution >= 4 is 88.3 Å². The first-order chi connectivity index (χ1) is 46.6. The van der Waals surface area contributed by atoms with E-state index in [4.69, 9.17) is 50.4 Å². The Hall–Kier alpha value is -7.07. The van der Waals surface area contributed by atoms with Crippen LogP contribution in [0.3, 0.4) is 0 Å². The molecule has 100 heavy (non-hydrogen) atoms. The van der Waals surface area contributed by atoms with Crippen LogP contribution in [0.1, 0.15) is 156 Å². The number of ether oxygens (including phenoxy) is 3. The minimum absolute atomic E-state index is 0.00347. The number of hydrogen-bond donors (Lipinski definition) is 15. The highest BCUT2D eigenvalue weighted by atomic mass is 16.6. The predicted octanol–water partition coefficient (Wildman–Crippen LogP) is -1.68. The zero-order valence-electron chi connectivity index (χ0n) is 61.2. The summed E-state index contributed by atoms with van der Waals surface area (Å²) >= 11 is 0. The van der Waals surface area contributed by atoms with Crippen LogP contribution in [0.25, 0.3) is 0 Å². The topological polar surface area (TPSA) is 540 Å². The first-order valence-electron chi connectivity index (χ1n) is 33.0. The van der Waals surface area contributed by atoms with Crippen LogP contribution in [0.15, 0.2) is 0 Å². The molecule has 0 aromatic carbocycles. The summed E-state index contributed by atoms with van der Waals surface area (Å²) in [6, 6.07) is 0.665. The molecule has 36 heteroatoms. The molecular formula is C64H118N10O26. The van der Waals surface area contributed by atoms with Crippen LogP contribution in [0, 0.1) is 41.4 Å². The molecule has 0 saturated carbocycles. The van der Waals surface area contributed by atoms with Gasteiger partial charge >= 0.3 is 12.1 Å². The fourth-order valence-corrected chi connectivity index (χ4v) is 6.81. The molecule has 3 heterocycles. The molecule has 3 rings (SSSR count). The van der Waals surface area contributed by atoms with Crippen molar-refractivity contribution in [2.24, 2.45) is 41.4 Å². The van der Waals surface area contributed by atoms with E-state index in [0.29, 0.717) is 56.5 Å². The molecule has 3 aliphatic heterocycles. The summed E-state index contributed by atoms with van der Waals surface area (Å²) in [5.41, 5.74) is 1.99. The van der Waals surface area contributed by atoms with Gasteiger partial charge in [-0.05, 0) is 20.3 Å². The van der Waals surface area contributed by atoms with E-state index in [1.54, 1.807) is 55.4 Å². The molecule has 15 N–H and O–H groups in total.